The van der Waals surface area contributed by atoms with Crippen LogP contribution in [0.1, 0.15) is 25.3 Å². The standard InChI is InChI=1S/C14H21NO2/c1-14(2)9-15-8-11(14)10-5-6-12(16-3)13(7-10)17-4/h5-7,11,15H,8-9H2,1-4H3/t11-/m0/s1. The molecular weight excluding hydrogens is 214 g/mol. The molecule has 1 heterocycles. The van der Waals surface area contributed by atoms with Crippen LogP contribution in [0.4, 0.5) is 0 Å². The van der Waals surface area contributed by atoms with Gasteiger partial charge in [-0.25, -0.2) is 0 Å². The van der Waals surface area contributed by atoms with Crippen LogP contribution in [-0.2, 0) is 0 Å². The Labute approximate surface area is 103 Å². The first kappa shape index (κ1) is 12.2. The van der Waals surface area contributed by atoms with Gasteiger partial charge in [-0.15, -0.1) is 0 Å². The molecule has 2 rings (SSSR count). The van der Waals surface area contributed by atoms with Crippen molar-refractivity contribution < 1.29 is 9.47 Å². The van der Waals surface area contributed by atoms with Gasteiger partial charge in [0.2, 0.25) is 0 Å². The second kappa shape index (κ2) is 4.57. The molecule has 1 aromatic rings. The van der Waals surface area contributed by atoms with Crippen molar-refractivity contribution in [1.82, 2.24) is 5.32 Å². The lowest BCUT2D eigenvalue weighted by molar-refractivity contribution is 0.346. The molecule has 1 aliphatic rings. The van der Waals surface area contributed by atoms with Gasteiger partial charge in [0, 0.05) is 19.0 Å². The minimum atomic E-state index is 0.291. The SMILES string of the molecule is COc1ccc([C@@H]2CNCC2(C)C)cc1OC. The predicted molar refractivity (Wildman–Crippen MR) is 68.9 cm³/mol. The van der Waals surface area contributed by atoms with Gasteiger partial charge in [-0.1, -0.05) is 19.9 Å². The average molecular weight is 235 g/mol. The monoisotopic (exact) mass is 235 g/mol. The number of hydrogen-bond donors (Lipinski definition) is 1. The predicted octanol–water partition coefficient (Wildman–Crippen LogP) is 2.42. The smallest absolute Gasteiger partial charge is 0.160 e. The first-order chi connectivity index (χ1) is 8.08. The lowest BCUT2D eigenvalue weighted by Crippen LogP contribution is -2.20. The highest BCUT2D eigenvalue weighted by molar-refractivity contribution is 5.44. The minimum absolute atomic E-state index is 0.291. The zero-order chi connectivity index (χ0) is 12.5. The number of hydrogen-bond acceptors (Lipinski definition) is 3. The number of methoxy groups -OCH3 is 2. The maximum atomic E-state index is 5.36. The van der Waals surface area contributed by atoms with Gasteiger partial charge in [0.25, 0.3) is 0 Å². The van der Waals surface area contributed by atoms with E-state index < -0.39 is 0 Å². The molecule has 3 nitrogen and oxygen atoms in total. The third kappa shape index (κ3) is 2.25. The van der Waals surface area contributed by atoms with Crippen LogP contribution in [0.25, 0.3) is 0 Å². The van der Waals surface area contributed by atoms with Crippen molar-refractivity contribution >= 4 is 0 Å². The van der Waals surface area contributed by atoms with Crippen LogP contribution in [-0.4, -0.2) is 27.3 Å². The van der Waals surface area contributed by atoms with Crippen LogP contribution < -0.4 is 14.8 Å². The molecule has 0 aliphatic carbocycles. The lowest BCUT2D eigenvalue weighted by atomic mass is 9.78. The molecule has 0 spiro atoms. The fourth-order valence-electron chi connectivity index (χ4n) is 2.58. The molecule has 1 N–H and O–H groups in total. The number of benzene rings is 1. The van der Waals surface area contributed by atoms with Crippen LogP contribution in [0.2, 0.25) is 0 Å². The van der Waals surface area contributed by atoms with Gasteiger partial charge in [0.15, 0.2) is 11.5 Å². The Balaban J connectivity index is 2.33. The van der Waals surface area contributed by atoms with Crippen LogP contribution in [0.5, 0.6) is 11.5 Å². The van der Waals surface area contributed by atoms with Crippen molar-refractivity contribution in [1.29, 1.82) is 0 Å². The summed E-state index contributed by atoms with van der Waals surface area (Å²) in [6, 6.07) is 6.22. The molecule has 94 valence electrons. The molecule has 0 aromatic heterocycles. The minimum Gasteiger partial charge on any atom is -0.493 e. The largest absolute Gasteiger partial charge is 0.493 e. The van der Waals surface area contributed by atoms with Crippen LogP contribution in [0.15, 0.2) is 18.2 Å². The second-order valence-electron chi connectivity index (χ2n) is 5.29. The van der Waals surface area contributed by atoms with Crippen molar-refractivity contribution in [2.24, 2.45) is 5.41 Å². The number of nitrogens with one attached hydrogen (secondary N) is 1. The quantitative estimate of drug-likeness (QED) is 0.872. The van der Waals surface area contributed by atoms with E-state index in [2.05, 4.69) is 31.3 Å². The summed E-state index contributed by atoms with van der Waals surface area (Å²) in [6.07, 6.45) is 0. The van der Waals surface area contributed by atoms with Gasteiger partial charge in [-0.2, -0.15) is 0 Å². The molecule has 17 heavy (non-hydrogen) atoms. The van der Waals surface area contributed by atoms with E-state index in [9.17, 15) is 0 Å². The van der Waals surface area contributed by atoms with Gasteiger partial charge in [-0.05, 0) is 23.1 Å². The molecule has 1 saturated heterocycles. The highest BCUT2D eigenvalue weighted by Crippen LogP contribution is 2.40. The molecule has 0 saturated carbocycles. The van der Waals surface area contributed by atoms with Gasteiger partial charge in [0.05, 0.1) is 14.2 Å². The van der Waals surface area contributed by atoms with E-state index in [1.54, 1.807) is 14.2 Å². The molecule has 0 amide bonds. The Kier molecular flexibility index (Phi) is 3.29. The van der Waals surface area contributed by atoms with Crippen molar-refractivity contribution in [3.8, 4) is 11.5 Å². The van der Waals surface area contributed by atoms with Crippen LogP contribution in [0, 0.1) is 5.41 Å². The van der Waals surface area contributed by atoms with E-state index in [-0.39, 0.29) is 0 Å². The molecule has 0 unspecified atom stereocenters. The molecule has 1 aromatic carbocycles. The normalized spacial score (nSPS) is 22.5. The highest BCUT2D eigenvalue weighted by Gasteiger charge is 2.35. The van der Waals surface area contributed by atoms with E-state index in [1.165, 1.54) is 5.56 Å². The first-order valence-corrected chi connectivity index (χ1v) is 6.01. The van der Waals surface area contributed by atoms with Crippen molar-refractivity contribution in [2.45, 2.75) is 19.8 Å². The van der Waals surface area contributed by atoms with Crippen LogP contribution >= 0.6 is 0 Å². The fourth-order valence-corrected chi connectivity index (χ4v) is 2.58. The van der Waals surface area contributed by atoms with Gasteiger partial charge in [0.1, 0.15) is 0 Å². The van der Waals surface area contributed by atoms with Crippen molar-refractivity contribution in [3.63, 3.8) is 0 Å². The van der Waals surface area contributed by atoms with Gasteiger partial charge in [-0.3, -0.25) is 0 Å². The summed E-state index contributed by atoms with van der Waals surface area (Å²) >= 11 is 0. The van der Waals surface area contributed by atoms with Crippen LogP contribution in [0.3, 0.4) is 0 Å². The van der Waals surface area contributed by atoms with E-state index in [0.29, 0.717) is 11.3 Å². The lowest BCUT2D eigenvalue weighted by Gasteiger charge is -2.26. The third-order valence-electron chi connectivity index (χ3n) is 3.68. The Morgan fingerprint density at radius 2 is 1.88 bits per heavy atom. The molecule has 1 aliphatic heterocycles. The maximum absolute atomic E-state index is 5.36. The fraction of sp³-hybridized carbons (Fsp3) is 0.571. The van der Waals surface area contributed by atoms with E-state index >= 15 is 0 Å². The topological polar surface area (TPSA) is 30.5 Å². The summed E-state index contributed by atoms with van der Waals surface area (Å²) in [5.74, 6) is 2.13. The summed E-state index contributed by atoms with van der Waals surface area (Å²) in [5, 5.41) is 3.46. The molecule has 0 bridgehead atoms. The van der Waals surface area contributed by atoms with E-state index in [0.717, 1.165) is 24.6 Å². The van der Waals surface area contributed by atoms with E-state index in [1.807, 2.05) is 6.07 Å². The zero-order valence-corrected chi connectivity index (χ0v) is 11.0. The molecular formula is C14H21NO2. The van der Waals surface area contributed by atoms with Gasteiger partial charge < -0.3 is 14.8 Å². The van der Waals surface area contributed by atoms with E-state index in [4.69, 9.17) is 9.47 Å². The summed E-state index contributed by atoms with van der Waals surface area (Å²) < 4.78 is 10.6. The Hall–Kier alpha value is -1.22. The average Bonchev–Trinajstić information content (AvgIpc) is 2.68. The molecule has 0 radical (unpaired) electrons. The Morgan fingerprint density at radius 3 is 2.41 bits per heavy atom. The molecule has 3 heteroatoms. The molecule has 1 atom stereocenters. The summed E-state index contributed by atoms with van der Waals surface area (Å²) in [6.45, 7) is 6.69. The maximum Gasteiger partial charge on any atom is 0.160 e. The second-order valence-corrected chi connectivity index (χ2v) is 5.29. The zero-order valence-electron chi connectivity index (χ0n) is 11.0. The Morgan fingerprint density at radius 1 is 1.18 bits per heavy atom. The highest BCUT2D eigenvalue weighted by atomic mass is 16.5. The van der Waals surface area contributed by atoms with Crippen molar-refractivity contribution in [2.75, 3.05) is 27.3 Å². The Bertz CT molecular complexity index is 401. The summed E-state index contributed by atoms with van der Waals surface area (Å²) in [7, 11) is 3.35. The summed E-state index contributed by atoms with van der Waals surface area (Å²) in [4.78, 5) is 0. The summed E-state index contributed by atoms with van der Waals surface area (Å²) in [5.41, 5.74) is 1.61. The van der Waals surface area contributed by atoms with Crippen molar-refractivity contribution in [3.05, 3.63) is 23.8 Å². The number of rotatable bonds is 3. The van der Waals surface area contributed by atoms with Gasteiger partial charge >= 0.3 is 0 Å². The number of ether oxygens (including phenoxy) is 2. The first-order valence-electron chi connectivity index (χ1n) is 6.01. The third-order valence-corrected chi connectivity index (χ3v) is 3.68. The molecule has 1 fully saturated rings.